The standard InChI is InChI=1S/C15H16N4S/c1-10-18-13-7-14(12(16)6-15(13)20-10)19(2)9-11-4-3-5-17-8-11/h3-8H,9,16H2,1-2H3. The number of hydrogen-bond donors (Lipinski definition) is 1. The van der Waals surface area contributed by atoms with Crippen LogP contribution in [0.2, 0.25) is 0 Å². The van der Waals surface area contributed by atoms with E-state index in [1.165, 1.54) is 0 Å². The number of nitrogens with two attached hydrogens (primary N) is 1. The van der Waals surface area contributed by atoms with Crippen molar-refractivity contribution in [3.8, 4) is 0 Å². The van der Waals surface area contributed by atoms with E-state index in [0.29, 0.717) is 0 Å². The van der Waals surface area contributed by atoms with E-state index in [-0.39, 0.29) is 0 Å². The molecule has 3 aromatic rings. The van der Waals surface area contributed by atoms with Crippen molar-refractivity contribution >= 4 is 32.9 Å². The van der Waals surface area contributed by atoms with Crippen LogP contribution in [-0.2, 0) is 6.54 Å². The molecule has 0 aliphatic rings. The third-order valence-corrected chi connectivity index (χ3v) is 4.13. The molecule has 4 nitrogen and oxygen atoms in total. The summed E-state index contributed by atoms with van der Waals surface area (Å²) in [6, 6.07) is 8.07. The maximum absolute atomic E-state index is 6.17. The van der Waals surface area contributed by atoms with E-state index in [0.717, 1.165) is 38.7 Å². The van der Waals surface area contributed by atoms with Crippen LogP contribution in [0.3, 0.4) is 0 Å². The number of hydrogen-bond acceptors (Lipinski definition) is 5. The second-order valence-corrected chi connectivity index (χ2v) is 6.06. The van der Waals surface area contributed by atoms with Gasteiger partial charge in [-0.3, -0.25) is 4.98 Å². The Morgan fingerprint density at radius 3 is 2.95 bits per heavy atom. The lowest BCUT2D eigenvalue weighted by Crippen LogP contribution is -2.17. The van der Waals surface area contributed by atoms with Crippen molar-refractivity contribution in [2.45, 2.75) is 13.5 Å². The monoisotopic (exact) mass is 284 g/mol. The number of pyridine rings is 1. The van der Waals surface area contributed by atoms with Crippen molar-refractivity contribution in [2.75, 3.05) is 17.7 Å². The SMILES string of the molecule is Cc1nc2cc(N(C)Cc3cccnc3)c(N)cc2s1. The molecule has 2 N–H and O–H groups in total. The molecule has 3 rings (SSSR count). The summed E-state index contributed by atoms with van der Waals surface area (Å²) in [5.74, 6) is 0. The second kappa shape index (κ2) is 5.09. The van der Waals surface area contributed by atoms with Gasteiger partial charge in [0.2, 0.25) is 0 Å². The minimum absolute atomic E-state index is 0.771. The minimum Gasteiger partial charge on any atom is -0.397 e. The van der Waals surface area contributed by atoms with Crippen LogP contribution in [0.25, 0.3) is 10.2 Å². The van der Waals surface area contributed by atoms with Gasteiger partial charge in [0, 0.05) is 26.0 Å². The van der Waals surface area contributed by atoms with Gasteiger partial charge in [0.05, 0.1) is 26.6 Å². The van der Waals surface area contributed by atoms with Crippen molar-refractivity contribution in [1.29, 1.82) is 0 Å². The molecule has 0 saturated carbocycles. The van der Waals surface area contributed by atoms with Gasteiger partial charge in [-0.05, 0) is 30.7 Å². The number of aryl methyl sites for hydroxylation is 1. The smallest absolute Gasteiger partial charge is 0.0907 e. The van der Waals surface area contributed by atoms with E-state index < -0.39 is 0 Å². The van der Waals surface area contributed by atoms with Crippen LogP contribution in [0, 0.1) is 6.92 Å². The fraction of sp³-hybridized carbons (Fsp3) is 0.200. The summed E-state index contributed by atoms with van der Waals surface area (Å²) in [6.07, 6.45) is 3.65. The molecule has 2 aromatic heterocycles. The Bertz CT molecular complexity index is 736. The quantitative estimate of drug-likeness (QED) is 0.750. The van der Waals surface area contributed by atoms with Gasteiger partial charge < -0.3 is 10.6 Å². The highest BCUT2D eigenvalue weighted by atomic mass is 32.1. The normalized spacial score (nSPS) is 10.9. The van der Waals surface area contributed by atoms with Gasteiger partial charge in [0.25, 0.3) is 0 Å². The highest BCUT2D eigenvalue weighted by Gasteiger charge is 2.10. The highest BCUT2D eigenvalue weighted by molar-refractivity contribution is 7.18. The third kappa shape index (κ3) is 2.44. The van der Waals surface area contributed by atoms with Crippen molar-refractivity contribution in [3.05, 3.63) is 47.2 Å². The molecule has 0 amide bonds. The molecule has 5 heteroatoms. The summed E-state index contributed by atoms with van der Waals surface area (Å²) < 4.78 is 1.14. The molecule has 0 saturated heterocycles. The number of thiazole rings is 1. The molecule has 1 aromatic carbocycles. The maximum atomic E-state index is 6.17. The molecule has 20 heavy (non-hydrogen) atoms. The molecule has 2 heterocycles. The number of nitrogen functional groups attached to an aromatic ring is 1. The van der Waals surface area contributed by atoms with Crippen molar-refractivity contribution < 1.29 is 0 Å². The molecule has 0 unspecified atom stereocenters. The first-order valence-electron chi connectivity index (χ1n) is 6.40. The lowest BCUT2D eigenvalue weighted by atomic mass is 10.2. The summed E-state index contributed by atoms with van der Waals surface area (Å²) in [5, 5.41) is 1.06. The van der Waals surface area contributed by atoms with Gasteiger partial charge in [-0.25, -0.2) is 4.98 Å². The fourth-order valence-corrected chi connectivity index (χ4v) is 3.13. The Kier molecular flexibility index (Phi) is 3.28. The molecular formula is C15H16N4S. The Hall–Kier alpha value is -2.14. The van der Waals surface area contributed by atoms with Crippen molar-refractivity contribution in [3.63, 3.8) is 0 Å². The van der Waals surface area contributed by atoms with Crippen LogP contribution < -0.4 is 10.6 Å². The summed E-state index contributed by atoms with van der Waals surface area (Å²) in [5.41, 5.74) is 10.1. The Morgan fingerprint density at radius 1 is 1.35 bits per heavy atom. The average molecular weight is 284 g/mol. The molecule has 0 bridgehead atoms. The molecule has 0 radical (unpaired) electrons. The van der Waals surface area contributed by atoms with Gasteiger partial charge in [0.15, 0.2) is 0 Å². The summed E-state index contributed by atoms with van der Waals surface area (Å²) in [6.45, 7) is 2.78. The zero-order valence-electron chi connectivity index (χ0n) is 11.5. The number of benzene rings is 1. The first kappa shape index (κ1) is 12.9. The predicted molar refractivity (Wildman–Crippen MR) is 85.1 cm³/mol. The van der Waals surface area contributed by atoms with Gasteiger partial charge in [-0.2, -0.15) is 0 Å². The van der Waals surface area contributed by atoms with Crippen molar-refractivity contribution in [1.82, 2.24) is 9.97 Å². The summed E-state index contributed by atoms with van der Waals surface area (Å²) in [4.78, 5) is 10.8. The number of aromatic nitrogens is 2. The van der Waals surface area contributed by atoms with Gasteiger partial charge in [-0.15, -0.1) is 11.3 Å². The topological polar surface area (TPSA) is 55.0 Å². The predicted octanol–water partition coefficient (Wildman–Crippen LogP) is 3.22. The molecule has 102 valence electrons. The van der Waals surface area contributed by atoms with E-state index in [1.54, 1.807) is 17.5 Å². The van der Waals surface area contributed by atoms with Crippen molar-refractivity contribution in [2.24, 2.45) is 0 Å². The van der Waals surface area contributed by atoms with E-state index in [4.69, 9.17) is 5.73 Å². The van der Waals surface area contributed by atoms with Crippen LogP contribution in [0.5, 0.6) is 0 Å². The second-order valence-electron chi connectivity index (χ2n) is 4.83. The Morgan fingerprint density at radius 2 is 2.20 bits per heavy atom. The largest absolute Gasteiger partial charge is 0.397 e. The minimum atomic E-state index is 0.771. The van der Waals surface area contributed by atoms with Crippen LogP contribution in [-0.4, -0.2) is 17.0 Å². The lowest BCUT2D eigenvalue weighted by Gasteiger charge is -2.21. The summed E-state index contributed by atoms with van der Waals surface area (Å²) >= 11 is 1.67. The Balaban J connectivity index is 1.94. The maximum Gasteiger partial charge on any atom is 0.0907 e. The highest BCUT2D eigenvalue weighted by Crippen LogP contribution is 2.32. The van der Waals surface area contributed by atoms with Crippen LogP contribution in [0.4, 0.5) is 11.4 Å². The average Bonchev–Trinajstić information content (AvgIpc) is 2.78. The molecule has 0 aliphatic heterocycles. The van der Waals surface area contributed by atoms with Gasteiger partial charge >= 0.3 is 0 Å². The molecule has 0 atom stereocenters. The van der Waals surface area contributed by atoms with Gasteiger partial charge in [-0.1, -0.05) is 6.07 Å². The van der Waals surface area contributed by atoms with Crippen LogP contribution >= 0.6 is 11.3 Å². The number of anilines is 2. The van der Waals surface area contributed by atoms with Crippen LogP contribution in [0.15, 0.2) is 36.7 Å². The van der Waals surface area contributed by atoms with E-state index in [1.807, 2.05) is 32.3 Å². The lowest BCUT2D eigenvalue weighted by molar-refractivity contribution is 0.917. The first-order chi connectivity index (χ1) is 9.63. The molecule has 0 aliphatic carbocycles. The van der Waals surface area contributed by atoms with E-state index >= 15 is 0 Å². The number of nitrogens with zero attached hydrogens (tertiary/aromatic N) is 3. The van der Waals surface area contributed by atoms with Crippen LogP contribution in [0.1, 0.15) is 10.6 Å². The van der Waals surface area contributed by atoms with E-state index in [9.17, 15) is 0 Å². The third-order valence-electron chi connectivity index (χ3n) is 3.20. The number of rotatable bonds is 3. The first-order valence-corrected chi connectivity index (χ1v) is 7.22. The molecular weight excluding hydrogens is 268 g/mol. The number of fused-ring (bicyclic) bond motifs is 1. The Labute approximate surface area is 121 Å². The van der Waals surface area contributed by atoms with E-state index in [2.05, 4.69) is 27.0 Å². The zero-order chi connectivity index (χ0) is 14.1. The molecule has 0 spiro atoms. The van der Waals surface area contributed by atoms with Gasteiger partial charge in [0.1, 0.15) is 0 Å². The zero-order valence-corrected chi connectivity index (χ0v) is 12.3. The summed E-state index contributed by atoms with van der Waals surface area (Å²) in [7, 11) is 2.03. The fourth-order valence-electron chi connectivity index (χ4n) is 2.28. The molecule has 0 fully saturated rings.